The van der Waals surface area contributed by atoms with E-state index in [9.17, 15) is 9.59 Å². The summed E-state index contributed by atoms with van der Waals surface area (Å²) in [7, 11) is 0. The lowest BCUT2D eigenvalue weighted by Crippen LogP contribution is -2.44. The van der Waals surface area contributed by atoms with Crippen molar-refractivity contribution in [2.75, 3.05) is 0 Å². The molecule has 3 aromatic rings. The second kappa shape index (κ2) is 11.3. The van der Waals surface area contributed by atoms with Gasteiger partial charge in [-0.3, -0.25) is 9.59 Å². The van der Waals surface area contributed by atoms with Crippen LogP contribution in [0.2, 0.25) is 5.02 Å². The van der Waals surface area contributed by atoms with Crippen LogP contribution >= 0.6 is 11.6 Å². The zero-order valence-corrected chi connectivity index (χ0v) is 22.2. The van der Waals surface area contributed by atoms with Crippen LogP contribution in [-0.4, -0.2) is 17.9 Å². The van der Waals surface area contributed by atoms with Crippen molar-refractivity contribution >= 4 is 23.3 Å². The van der Waals surface area contributed by atoms with E-state index in [0.29, 0.717) is 5.56 Å². The van der Waals surface area contributed by atoms with E-state index in [-0.39, 0.29) is 46.9 Å². The fraction of sp³-hybridized carbons (Fsp3) is 0.355. The molecular weight excluding hydrogens is 511 g/mol. The molecule has 2 unspecified atom stereocenters. The van der Waals surface area contributed by atoms with Gasteiger partial charge in [0.1, 0.15) is 0 Å². The number of Topliss-reactive ketones (excluding diaryl/α,β-unsaturated/α-hetero) is 1. The highest BCUT2D eigenvalue weighted by Gasteiger charge is 2.56. The van der Waals surface area contributed by atoms with Crippen molar-refractivity contribution in [3.05, 3.63) is 106 Å². The highest BCUT2D eigenvalue weighted by atomic mass is 35.5. The lowest BCUT2D eigenvalue weighted by molar-refractivity contribution is -0.192. The van der Waals surface area contributed by atoms with Gasteiger partial charge < -0.3 is 5.32 Å². The molecule has 0 aliphatic heterocycles. The Labute approximate surface area is 226 Å². The number of hydrogen-bond acceptors (Lipinski definition) is 2. The topological polar surface area (TPSA) is 46.2 Å². The Morgan fingerprint density at radius 1 is 1.00 bits per heavy atom. The number of benzene rings is 3. The van der Waals surface area contributed by atoms with E-state index in [2.05, 4.69) is 5.32 Å². The molecular formula is C31H31ClF3NO2. The molecule has 1 aliphatic carbocycles. The second-order valence-corrected chi connectivity index (χ2v) is 10.7. The molecule has 0 spiro atoms. The van der Waals surface area contributed by atoms with Crippen molar-refractivity contribution in [1.82, 2.24) is 5.32 Å². The first-order valence-electron chi connectivity index (χ1n) is 12.8. The maximum absolute atomic E-state index is 15.0. The smallest absolute Gasteiger partial charge is 0.349 e. The van der Waals surface area contributed by atoms with Gasteiger partial charge in [-0.05, 0) is 73.9 Å². The summed E-state index contributed by atoms with van der Waals surface area (Å²) in [5.74, 6) is -0.531. The van der Waals surface area contributed by atoms with Gasteiger partial charge in [0.2, 0.25) is 5.91 Å². The number of carbonyl (C=O) groups is 2. The van der Waals surface area contributed by atoms with Gasteiger partial charge in [-0.15, -0.1) is 0 Å². The minimum Gasteiger partial charge on any atom is -0.349 e. The summed E-state index contributed by atoms with van der Waals surface area (Å²) in [6.45, 7) is 3.54. The number of amides is 1. The van der Waals surface area contributed by atoms with Gasteiger partial charge in [0, 0.05) is 22.9 Å². The standard InChI is InChI=1S/C31H31ClF3NO2/c1-20-16-26(18-27(32)17-20)30(31(33,34)35,15-14-22-6-4-3-5-7-22)19-28(37)24-10-8-23(9-11-24)21(2)36-29(38)25-12-13-25/h3-11,16-18,21,25H,12-15,19H2,1-2H3,(H,36,38). The van der Waals surface area contributed by atoms with Crippen LogP contribution < -0.4 is 5.32 Å². The third kappa shape index (κ3) is 6.47. The molecule has 1 fully saturated rings. The molecule has 3 nitrogen and oxygen atoms in total. The van der Waals surface area contributed by atoms with Crippen molar-refractivity contribution in [3.63, 3.8) is 0 Å². The van der Waals surface area contributed by atoms with Crippen LogP contribution in [0.25, 0.3) is 0 Å². The average molecular weight is 542 g/mol. The van der Waals surface area contributed by atoms with Gasteiger partial charge in [-0.2, -0.15) is 13.2 Å². The highest BCUT2D eigenvalue weighted by Crippen LogP contribution is 2.48. The first-order chi connectivity index (χ1) is 18.0. The third-order valence-corrected chi connectivity index (χ3v) is 7.54. The van der Waals surface area contributed by atoms with Crippen LogP contribution in [0.5, 0.6) is 0 Å². The Bertz CT molecular complexity index is 1270. The fourth-order valence-electron chi connectivity index (χ4n) is 4.85. The summed E-state index contributed by atoms with van der Waals surface area (Å²) in [6.07, 6.45) is -3.80. The lowest BCUT2D eigenvalue weighted by atomic mass is 9.70. The van der Waals surface area contributed by atoms with Crippen molar-refractivity contribution in [3.8, 4) is 0 Å². The molecule has 7 heteroatoms. The lowest BCUT2D eigenvalue weighted by Gasteiger charge is -2.36. The van der Waals surface area contributed by atoms with E-state index in [4.69, 9.17) is 11.6 Å². The minimum atomic E-state index is -4.70. The number of carbonyl (C=O) groups excluding carboxylic acids is 2. The van der Waals surface area contributed by atoms with Crippen LogP contribution in [-0.2, 0) is 16.6 Å². The number of rotatable bonds is 10. The van der Waals surface area contributed by atoms with E-state index in [1.165, 1.54) is 12.1 Å². The summed E-state index contributed by atoms with van der Waals surface area (Å²) < 4.78 is 45.1. The molecule has 200 valence electrons. The van der Waals surface area contributed by atoms with Crippen LogP contribution in [0.15, 0.2) is 72.8 Å². The predicted molar refractivity (Wildman–Crippen MR) is 143 cm³/mol. The molecule has 2 atom stereocenters. The second-order valence-electron chi connectivity index (χ2n) is 10.3. The molecule has 4 rings (SSSR count). The van der Waals surface area contributed by atoms with Gasteiger partial charge in [0.15, 0.2) is 5.78 Å². The summed E-state index contributed by atoms with van der Waals surface area (Å²) >= 11 is 6.20. The molecule has 0 saturated heterocycles. The number of alkyl halides is 3. The molecule has 1 aliphatic rings. The van der Waals surface area contributed by atoms with Gasteiger partial charge in [0.05, 0.1) is 11.5 Å². The third-order valence-electron chi connectivity index (χ3n) is 7.32. The van der Waals surface area contributed by atoms with Crippen LogP contribution in [0.3, 0.4) is 0 Å². The van der Waals surface area contributed by atoms with Crippen molar-refractivity contribution in [2.24, 2.45) is 5.92 Å². The molecule has 0 aromatic heterocycles. The molecule has 38 heavy (non-hydrogen) atoms. The van der Waals surface area contributed by atoms with Crippen molar-refractivity contribution in [2.45, 2.75) is 63.6 Å². The Morgan fingerprint density at radius 3 is 2.24 bits per heavy atom. The van der Waals surface area contributed by atoms with E-state index in [0.717, 1.165) is 24.0 Å². The summed E-state index contributed by atoms with van der Waals surface area (Å²) in [5, 5.41) is 3.15. The largest absolute Gasteiger partial charge is 0.398 e. The Balaban J connectivity index is 1.63. The first-order valence-corrected chi connectivity index (χ1v) is 13.2. The summed E-state index contributed by atoms with van der Waals surface area (Å²) in [6, 6.07) is 19.6. The number of ketones is 1. The maximum Gasteiger partial charge on any atom is 0.398 e. The Kier molecular flexibility index (Phi) is 8.31. The predicted octanol–water partition coefficient (Wildman–Crippen LogP) is 7.94. The SMILES string of the molecule is Cc1cc(Cl)cc(C(CCc2ccccc2)(CC(=O)c2ccc(C(C)NC(=O)C3CC3)cc2)C(F)(F)F)c1. The van der Waals surface area contributed by atoms with Gasteiger partial charge in [0.25, 0.3) is 0 Å². The van der Waals surface area contributed by atoms with Gasteiger partial charge in [-0.1, -0.05) is 72.3 Å². The van der Waals surface area contributed by atoms with Gasteiger partial charge >= 0.3 is 6.18 Å². The molecule has 1 N–H and O–H groups in total. The molecule has 1 saturated carbocycles. The zero-order chi connectivity index (χ0) is 27.5. The Hall–Kier alpha value is -3.12. The van der Waals surface area contributed by atoms with Crippen molar-refractivity contribution < 1.29 is 22.8 Å². The molecule has 0 radical (unpaired) electrons. The number of nitrogens with one attached hydrogen (secondary N) is 1. The van der Waals surface area contributed by atoms with Crippen LogP contribution in [0, 0.1) is 12.8 Å². The van der Waals surface area contributed by atoms with E-state index in [1.54, 1.807) is 61.5 Å². The number of halogens is 4. The monoisotopic (exact) mass is 541 g/mol. The Morgan fingerprint density at radius 2 is 1.66 bits per heavy atom. The van der Waals surface area contributed by atoms with E-state index < -0.39 is 23.8 Å². The fourth-order valence-corrected chi connectivity index (χ4v) is 5.14. The summed E-state index contributed by atoms with van der Waals surface area (Å²) in [4.78, 5) is 25.5. The van der Waals surface area contributed by atoms with Crippen molar-refractivity contribution in [1.29, 1.82) is 0 Å². The summed E-state index contributed by atoms with van der Waals surface area (Å²) in [5.41, 5.74) is -0.0837. The van der Waals surface area contributed by atoms with E-state index >= 15 is 13.2 Å². The highest BCUT2D eigenvalue weighted by molar-refractivity contribution is 6.30. The van der Waals surface area contributed by atoms with Gasteiger partial charge in [-0.25, -0.2) is 0 Å². The maximum atomic E-state index is 15.0. The minimum absolute atomic E-state index is 0.00263. The molecule has 0 heterocycles. The zero-order valence-electron chi connectivity index (χ0n) is 21.4. The average Bonchev–Trinajstić information content (AvgIpc) is 3.71. The molecule has 3 aromatic carbocycles. The number of aryl methyl sites for hydroxylation is 2. The normalized spacial score (nSPS) is 15.9. The molecule has 0 bridgehead atoms. The molecule has 1 amide bonds. The quantitative estimate of drug-likeness (QED) is 0.265. The van der Waals surface area contributed by atoms with Crippen LogP contribution in [0.1, 0.15) is 71.3 Å². The van der Waals surface area contributed by atoms with Crippen LogP contribution in [0.4, 0.5) is 13.2 Å². The number of hydrogen-bond donors (Lipinski definition) is 1. The van der Waals surface area contributed by atoms with E-state index in [1.807, 2.05) is 13.0 Å². The first kappa shape index (κ1) is 27.9.